The van der Waals surface area contributed by atoms with Crippen LogP contribution < -0.4 is 10.4 Å². The Balaban J connectivity index is 1.85. The van der Waals surface area contributed by atoms with Gasteiger partial charge in [0.1, 0.15) is 0 Å². The van der Waals surface area contributed by atoms with Crippen molar-refractivity contribution in [3.63, 3.8) is 0 Å². The second kappa shape index (κ2) is 4.31. The maximum atomic E-state index is 12.3. The first-order valence-electron chi connectivity index (χ1n) is 6.11. The standard InChI is InChI=1S/C13H15ClN2O/c14-9-5-7-10(8-6-9)16-13(17)11-3-1-2-4-12(11)15-16/h5-8,11-12,15H,1-4H2. The zero-order valence-electron chi connectivity index (χ0n) is 9.53. The predicted molar refractivity (Wildman–Crippen MR) is 67.8 cm³/mol. The van der Waals surface area contributed by atoms with Crippen molar-refractivity contribution in [2.75, 3.05) is 5.01 Å². The van der Waals surface area contributed by atoms with Gasteiger partial charge in [0.15, 0.2) is 0 Å². The molecule has 1 aromatic rings. The first-order chi connectivity index (χ1) is 8.25. The smallest absolute Gasteiger partial charge is 0.246 e. The fourth-order valence-electron chi connectivity index (χ4n) is 2.77. The Morgan fingerprint density at radius 1 is 1.18 bits per heavy atom. The second-order valence-electron chi connectivity index (χ2n) is 4.78. The summed E-state index contributed by atoms with van der Waals surface area (Å²) in [5.74, 6) is 0.372. The molecule has 90 valence electrons. The summed E-state index contributed by atoms with van der Waals surface area (Å²) >= 11 is 5.85. The third-order valence-electron chi connectivity index (χ3n) is 3.68. The number of carbonyl (C=O) groups excluding carboxylic acids is 1. The summed E-state index contributed by atoms with van der Waals surface area (Å²) in [5, 5.41) is 2.38. The van der Waals surface area contributed by atoms with Crippen LogP contribution in [0.3, 0.4) is 0 Å². The van der Waals surface area contributed by atoms with Crippen LogP contribution in [0, 0.1) is 5.92 Å². The van der Waals surface area contributed by atoms with E-state index in [1.165, 1.54) is 12.8 Å². The van der Waals surface area contributed by atoms with E-state index in [0.29, 0.717) is 11.1 Å². The van der Waals surface area contributed by atoms with Crippen molar-refractivity contribution in [3.8, 4) is 0 Å². The summed E-state index contributed by atoms with van der Waals surface area (Å²) in [5.41, 5.74) is 4.20. The number of nitrogens with zero attached hydrogens (tertiary/aromatic N) is 1. The van der Waals surface area contributed by atoms with Crippen LogP contribution in [-0.2, 0) is 4.79 Å². The summed E-state index contributed by atoms with van der Waals surface area (Å²) in [7, 11) is 0. The van der Waals surface area contributed by atoms with E-state index in [1.807, 2.05) is 24.3 Å². The summed E-state index contributed by atoms with van der Waals surface area (Å²) in [6.07, 6.45) is 4.50. The molecule has 0 radical (unpaired) electrons. The fraction of sp³-hybridized carbons (Fsp3) is 0.462. The molecule has 2 fully saturated rings. The number of hydrogen-bond donors (Lipinski definition) is 1. The van der Waals surface area contributed by atoms with Crippen LogP contribution in [-0.4, -0.2) is 11.9 Å². The lowest BCUT2D eigenvalue weighted by Crippen LogP contribution is -2.37. The summed E-state index contributed by atoms with van der Waals surface area (Å²) in [6.45, 7) is 0. The van der Waals surface area contributed by atoms with Crippen LogP contribution >= 0.6 is 11.6 Å². The number of anilines is 1. The molecule has 1 saturated carbocycles. The summed E-state index contributed by atoms with van der Waals surface area (Å²) in [6, 6.07) is 7.71. The van der Waals surface area contributed by atoms with Crippen molar-refractivity contribution >= 4 is 23.2 Å². The van der Waals surface area contributed by atoms with Crippen molar-refractivity contribution in [2.45, 2.75) is 31.7 Å². The number of halogens is 1. The molecule has 3 rings (SSSR count). The molecule has 1 amide bonds. The minimum atomic E-state index is 0.166. The van der Waals surface area contributed by atoms with Gasteiger partial charge >= 0.3 is 0 Å². The first-order valence-corrected chi connectivity index (χ1v) is 6.49. The Morgan fingerprint density at radius 3 is 2.59 bits per heavy atom. The van der Waals surface area contributed by atoms with E-state index in [-0.39, 0.29) is 11.8 Å². The van der Waals surface area contributed by atoms with E-state index in [0.717, 1.165) is 18.5 Å². The molecule has 0 bridgehead atoms. The number of hydrogen-bond acceptors (Lipinski definition) is 2. The molecule has 2 atom stereocenters. The monoisotopic (exact) mass is 250 g/mol. The van der Waals surface area contributed by atoms with Gasteiger partial charge in [-0.1, -0.05) is 24.4 Å². The molecule has 0 spiro atoms. The Labute approximate surface area is 106 Å². The molecule has 1 aliphatic heterocycles. The van der Waals surface area contributed by atoms with E-state index in [2.05, 4.69) is 5.43 Å². The molecular weight excluding hydrogens is 236 g/mol. The van der Waals surface area contributed by atoms with Gasteiger partial charge < -0.3 is 0 Å². The third kappa shape index (κ3) is 1.94. The average Bonchev–Trinajstić information content (AvgIpc) is 2.69. The van der Waals surface area contributed by atoms with Crippen LogP contribution in [0.1, 0.15) is 25.7 Å². The minimum Gasteiger partial charge on any atom is -0.273 e. The Bertz CT molecular complexity index is 432. The van der Waals surface area contributed by atoms with Crippen molar-refractivity contribution < 1.29 is 4.79 Å². The SMILES string of the molecule is O=C1C2CCCCC2NN1c1ccc(Cl)cc1. The Morgan fingerprint density at radius 2 is 1.88 bits per heavy atom. The first kappa shape index (κ1) is 11.1. The normalized spacial score (nSPS) is 28.3. The molecule has 1 N–H and O–H groups in total. The maximum Gasteiger partial charge on any atom is 0.246 e. The molecule has 2 unspecified atom stereocenters. The van der Waals surface area contributed by atoms with Gasteiger partial charge in [0.2, 0.25) is 5.91 Å². The molecule has 1 aromatic carbocycles. The lowest BCUT2D eigenvalue weighted by Gasteiger charge is -2.21. The predicted octanol–water partition coefficient (Wildman–Crippen LogP) is 2.75. The zero-order valence-corrected chi connectivity index (χ0v) is 10.3. The highest BCUT2D eigenvalue weighted by molar-refractivity contribution is 6.30. The maximum absolute atomic E-state index is 12.3. The number of carbonyl (C=O) groups is 1. The van der Waals surface area contributed by atoms with Gasteiger partial charge in [-0.2, -0.15) is 0 Å². The van der Waals surface area contributed by atoms with Crippen LogP contribution in [0.4, 0.5) is 5.69 Å². The van der Waals surface area contributed by atoms with Gasteiger partial charge in [-0.25, -0.2) is 10.4 Å². The molecule has 17 heavy (non-hydrogen) atoms. The van der Waals surface area contributed by atoms with Crippen molar-refractivity contribution in [3.05, 3.63) is 29.3 Å². The number of nitrogens with one attached hydrogen (secondary N) is 1. The fourth-order valence-corrected chi connectivity index (χ4v) is 2.89. The highest BCUT2D eigenvalue weighted by Crippen LogP contribution is 2.32. The molecule has 1 saturated heterocycles. The molecule has 2 aliphatic rings. The lowest BCUT2D eigenvalue weighted by atomic mass is 9.86. The topological polar surface area (TPSA) is 32.3 Å². The van der Waals surface area contributed by atoms with E-state index in [4.69, 9.17) is 11.6 Å². The van der Waals surface area contributed by atoms with E-state index in [9.17, 15) is 4.79 Å². The second-order valence-corrected chi connectivity index (χ2v) is 5.21. The number of rotatable bonds is 1. The number of hydrazine groups is 1. The van der Waals surface area contributed by atoms with Crippen molar-refractivity contribution in [1.29, 1.82) is 0 Å². The molecule has 1 aliphatic carbocycles. The molecule has 1 heterocycles. The van der Waals surface area contributed by atoms with Gasteiger partial charge in [0.25, 0.3) is 0 Å². The van der Waals surface area contributed by atoms with E-state index < -0.39 is 0 Å². The van der Waals surface area contributed by atoms with Crippen molar-refractivity contribution in [2.24, 2.45) is 5.92 Å². The van der Waals surface area contributed by atoms with Gasteiger partial charge in [0.05, 0.1) is 11.6 Å². The highest BCUT2D eigenvalue weighted by atomic mass is 35.5. The van der Waals surface area contributed by atoms with E-state index in [1.54, 1.807) is 5.01 Å². The van der Waals surface area contributed by atoms with Gasteiger partial charge in [-0.3, -0.25) is 4.79 Å². The van der Waals surface area contributed by atoms with Crippen molar-refractivity contribution in [1.82, 2.24) is 5.43 Å². The zero-order chi connectivity index (χ0) is 11.8. The van der Waals surface area contributed by atoms with E-state index >= 15 is 0 Å². The number of fused-ring (bicyclic) bond motifs is 1. The lowest BCUT2D eigenvalue weighted by molar-refractivity contribution is -0.121. The Kier molecular flexibility index (Phi) is 2.81. The Hall–Kier alpha value is -1.06. The minimum absolute atomic E-state index is 0.166. The largest absolute Gasteiger partial charge is 0.273 e. The quantitative estimate of drug-likeness (QED) is 0.831. The van der Waals surface area contributed by atoms with Crippen LogP contribution in [0.25, 0.3) is 0 Å². The van der Waals surface area contributed by atoms with Crippen LogP contribution in [0.2, 0.25) is 5.02 Å². The number of benzene rings is 1. The summed E-state index contributed by atoms with van der Waals surface area (Å²) < 4.78 is 0. The van der Waals surface area contributed by atoms with Crippen LogP contribution in [0.5, 0.6) is 0 Å². The molecule has 3 nitrogen and oxygen atoms in total. The number of amides is 1. The van der Waals surface area contributed by atoms with Gasteiger partial charge in [-0.05, 0) is 37.1 Å². The average molecular weight is 251 g/mol. The summed E-state index contributed by atoms with van der Waals surface area (Å²) in [4.78, 5) is 12.3. The van der Waals surface area contributed by atoms with Gasteiger partial charge in [0, 0.05) is 11.1 Å². The highest BCUT2D eigenvalue weighted by Gasteiger charge is 2.41. The van der Waals surface area contributed by atoms with Crippen LogP contribution in [0.15, 0.2) is 24.3 Å². The molecular formula is C13H15ClN2O. The molecule has 0 aromatic heterocycles. The van der Waals surface area contributed by atoms with Gasteiger partial charge in [-0.15, -0.1) is 0 Å². The third-order valence-corrected chi connectivity index (χ3v) is 3.94. The molecule has 4 heteroatoms.